The summed E-state index contributed by atoms with van der Waals surface area (Å²) in [6.45, 7) is 6.40. The Hall–Kier alpha value is -1.16. The van der Waals surface area contributed by atoms with Gasteiger partial charge in [-0.05, 0) is 25.3 Å². The smallest absolute Gasteiger partial charge is 0.135 e. The van der Waals surface area contributed by atoms with Gasteiger partial charge in [-0.2, -0.15) is 0 Å². The Morgan fingerprint density at radius 2 is 2.17 bits per heavy atom. The normalized spacial score (nSPS) is 30.7. The van der Waals surface area contributed by atoms with Crippen molar-refractivity contribution in [2.24, 2.45) is 0 Å². The zero-order valence-corrected chi connectivity index (χ0v) is 11.3. The lowest BCUT2D eigenvalue weighted by molar-refractivity contribution is 0.102. The van der Waals surface area contributed by atoms with Crippen molar-refractivity contribution in [1.29, 1.82) is 0 Å². The topological polar surface area (TPSA) is 47.0 Å². The third kappa shape index (κ3) is 2.21. The monoisotopic (exact) mass is 247 g/mol. The van der Waals surface area contributed by atoms with Crippen molar-refractivity contribution < 1.29 is 4.74 Å². The van der Waals surface area contributed by atoms with E-state index in [2.05, 4.69) is 36.1 Å². The fourth-order valence-corrected chi connectivity index (χ4v) is 2.78. The molecule has 2 aliphatic rings. The standard InChI is InChI=1S/C14H21N3O/c1-14(2,3)13-15-7-6-12(17-13)16-10-8-9-4-5-11(10)18-9/h6-7,9-11H,4-5,8H2,1-3H3,(H,15,16,17). The highest BCUT2D eigenvalue weighted by Gasteiger charge is 2.40. The molecule has 18 heavy (non-hydrogen) atoms. The molecule has 3 atom stereocenters. The lowest BCUT2D eigenvalue weighted by Crippen LogP contribution is -2.31. The number of hydrogen-bond acceptors (Lipinski definition) is 4. The first-order chi connectivity index (χ1) is 8.52. The number of hydrogen-bond donors (Lipinski definition) is 1. The summed E-state index contributed by atoms with van der Waals surface area (Å²) in [6, 6.07) is 2.37. The van der Waals surface area contributed by atoms with Crippen LogP contribution >= 0.6 is 0 Å². The van der Waals surface area contributed by atoms with Gasteiger partial charge in [0.1, 0.15) is 11.6 Å². The molecule has 1 aromatic heterocycles. The molecule has 2 bridgehead atoms. The van der Waals surface area contributed by atoms with Crippen LogP contribution in [0.2, 0.25) is 0 Å². The predicted octanol–water partition coefficient (Wildman–Crippen LogP) is 2.51. The SMILES string of the molecule is CC(C)(C)c1nccc(NC2CC3CCC2O3)n1. The lowest BCUT2D eigenvalue weighted by Gasteiger charge is -2.22. The molecule has 4 nitrogen and oxygen atoms in total. The van der Waals surface area contributed by atoms with E-state index >= 15 is 0 Å². The Bertz CT molecular complexity index is 441. The maximum atomic E-state index is 5.85. The second-order valence-electron chi connectivity index (χ2n) is 6.38. The van der Waals surface area contributed by atoms with Crippen LogP contribution in [-0.4, -0.2) is 28.2 Å². The maximum Gasteiger partial charge on any atom is 0.135 e. The number of nitrogens with zero attached hydrogens (tertiary/aromatic N) is 2. The Morgan fingerprint density at radius 1 is 1.33 bits per heavy atom. The minimum Gasteiger partial charge on any atom is -0.373 e. The Kier molecular flexibility index (Phi) is 2.77. The van der Waals surface area contributed by atoms with Gasteiger partial charge in [-0.1, -0.05) is 20.8 Å². The van der Waals surface area contributed by atoms with E-state index in [0.29, 0.717) is 18.2 Å². The molecule has 3 heterocycles. The van der Waals surface area contributed by atoms with Gasteiger partial charge in [-0.25, -0.2) is 9.97 Å². The van der Waals surface area contributed by atoms with Gasteiger partial charge in [-0.15, -0.1) is 0 Å². The number of rotatable bonds is 2. The van der Waals surface area contributed by atoms with Crippen LogP contribution in [0, 0.1) is 0 Å². The van der Waals surface area contributed by atoms with Crippen molar-refractivity contribution in [3.63, 3.8) is 0 Å². The average Bonchev–Trinajstić information content (AvgIpc) is 2.90. The van der Waals surface area contributed by atoms with E-state index in [4.69, 9.17) is 4.74 Å². The van der Waals surface area contributed by atoms with Crippen LogP contribution < -0.4 is 5.32 Å². The molecule has 0 aromatic carbocycles. The van der Waals surface area contributed by atoms with E-state index in [1.807, 2.05) is 12.3 Å². The quantitative estimate of drug-likeness (QED) is 0.872. The first kappa shape index (κ1) is 11.9. The van der Waals surface area contributed by atoms with Gasteiger partial charge in [0.15, 0.2) is 0 Å². The summed E-state index contributed by atoms with van der Waals surface area (Å²) >= 11 is 0. The fraction of sp³-hybridized carbons (Fsp3) is 0.714. The van der Waals surface area contributed by atoms with Gasteiger partial charge < -0.3 is 10.1 Å². The second kappa shape index (κ2) is 4.19. The zero-order chi connectivity index (χ0) is 12.8. The van der Waals surface area contributed by atoms with E-state index in [9.17, 15) is 0 Å². The zero-order valence-electron chi connectivity index (χ0n) is 11.3. The van der Waals surface area contributed by atoms with E-state index < -0.39 is 0 Å². The minimum atomic E-state index is -0.0110. The molecule has 2 aliphatic heterocycles. The van der Waals surface area contributed by atoms with Crippen molar-refractivity contribution in [2.45, 2.75) is 63.7 Å². The molecule has 0 radical (unpaired) electrons. The highest BCUT2D eigenvalue weighted by molar-refractivity contribution is 5.36. The highest BCUT2D eigenvalue weighted by Crippen LogP contribution is 2.35. The van der Waals surface area contributed by atoms with Crippen molar-refractivity contribution in [1.82, 2.24) is 9.97 Å². The Labute approximate surface area is 108 Å². The molecule has 0 aliphatic carbocycles. The van der Waals surface area contributed by atoms with E-state index in [1.54, 1.807) is 0 Å². The lowest BCUT2D eigenvalue weighted by atomic mass is 9.95. The summed E-state index contributed by atoms with van der Waals surface area (Å²) in [7, 11) is 0. The summed E-state index contributed by atoms with van der Waals surface area (Å²) in [5.74, 6) is 1.81. The molecular formula is C14H21N3O. The largest absolute Gasteiger partial charge is 0.373 e. The molecule has 0 spiro atoms. The molecule has 2 saturated heterocycles. The fourth-order valence-electron chi connectivity index (χ4n) is 2.78. The van der Waals surface area contributed by atoms with Crippen molar-refractivity contribution in [3.05, 3.63) is 18.1 Å². The van der Waals surface area contributed by atoms with Crippen molar-refractivity contribution in [2.75, 3.05) is 5.32 Å². The second-order valence-corrected chi connectivity index (χ2v) is 6.38. The molecule has 98 valence electrons. The molecule has 1 N–H and O–H groups in total. The first-order valence-corrected chi connectivity index (χ1v) is 6.78. The number of nitrogens with one attached hydrogen (secondary N) is 1. The summed E-state index contributed by atoms with van der Waals surface area (Å²) in [5, 5.41) is 3.51. The van der Waals surface area contributed by atoms with E-state index in [0.717, 1.165) is 18.1 Å². The van der Waals surface area contributed by atoms with Crippen LogP contribution in [0.3, 0.4) is 0 Å². The third-order valence-electron chi connectivity index (χ3n) is 3.77. The molecule has 4 heteroatoms. The van der Waals surface area contributed by atoms with Crippen LogP contribution in [0.25, 0.3) is 0 Å². The van der Waals surface area contributed by atoms with Gasteiger partial charge in [0.25, 0.3) is 0 Å². The predicted molar refractivity (Wildman–Crippen MR) is 70.7 cm³/mol. The molecular weight excluding hydrogens is 226 g/mol. The van der Waals surface area contributed by atoms with Crippen LogP contribution in [-0.2, 0) is 10.2 Å². The number of anilines is 1. The molecule has 1 aromatic rings. The first-order valence-electron chi connectivity index (χ1n) is 6.78. The molecule has 0 saturated carbocycles. The van der Waals surface area contributed by atoms with Crippen LogP contribution in [0.1, 0.15) is 45.9 Å². The highest BCUT2D eigenvalue weighted by atomic mass is 16.5. The average molecular weight is 247 g/mol. The molecule has 3 unspecified atom stereocenters. The number of ether oxygens (including phenoxy) is 1. The Morgan fingerprint density at radius 3 is 2.78 bits per heavy atom. The van der Waals surface area contributed by atoms with Gasteiger partial charge in [0.2, 0.25) is 0 Å². The van der Waals surface area contributed by atoms with Gasteiger partial charge >= 0.3 is 0 Å². The molecule has 2 fully saturated rings. The van der Waals surface area contributed by atoms with Crippen LogP contribution in [0.4, 0.5) is 5.82 Å². The summed E-state index contributed by atoms with van der Waals surface area (Å²) < 4.78 is 5.85. The van der Waals surface area contributed by atoms with Gasteiger partial charge in [0, 0.05) is 11.6 Å². The van der Waals surface area contributed by atoms with Gasteiger partial charge in [0.05, 0.1) is 18.2 Å². The van der Waals surface area contributed by atoms with Crippen LogP contribution in [0.5, 0.6) is 0 Å². The van der Waals surface area contributed by atoms with E-state index in [1.165, 1.54) is 12.8 Å². The van der Waals surface area contributed by atoms with Crippen LogP contribution in [0.15, 0.2) is 12.3 Å². The minimum absolute atomic E-state index is 0.0110. The van der Waals surface area contributed by atoms with Gasteiger partial charge in [-0.3, -0.25) is 0 Å². The van der Waals surface area contributed by atoms with E-state index in [-0.39, 0.29) is 5.41 Å². The third-order valence-corrected chi connectivity index (χ3v) is 3.77. The molecule has 0 amide bonds. The van der Waals surface area contributed by atoms with Crippen molar-refractivity contribution >= 4 is 5.82 Å². The maximum absolute atomic E-state index is 5.85. The summed E-state index contributed by atoms with van der Waals surface area (Å²) in [4.78, 5) is 8.96. The Balaban J connectivity index is 1.73. The summed E-state index contributed by atoms with van der Waals surface area (Å²) in [6.07, 6.45) is 6.20. The number of fused-ring (bicyclic) bond motifs is 2. The van der Waals surface area contributed by atoms with Crippen molar-refractivity contribution in [3.8, 4) is 0 Å². The summed E-state index contributed by atoms with van der Waals surface area (Å²) in [5.41, 5.74) is -0.0110. The number of aromatic nitrogens is 2. The molecule has 3 rings (SSSR count).